The molecule has 118 valence electrons. The SMILES string of the molecule is CC(C)NS(=O)(=O)c1ccc(F)c(C(=O)CC(C)(C)C)c1. The minimum atomic E-state index is -3.74. The number of hydrogen-bond acceptors (Lipinski definition) is 3. The maximum Gasteiger partial charge on any atom is 0.240 e. The molecule has 0 fully saturated rings. The van der Waals surface area contributed by atoms with Gasteiger partial charge in [-0.2, -0.15) is 0 Å². The Kier molecular flexibility index (Phi) is 5.28. The van der Waals surface area contributed by atoms with Crippen LogP contribution in [0.5, 0.6) is 0 Å². The third-order valence-corrected chi connectivity index (χ3v) is 4.29. The molecular weight excluding hydrogens is 293 g/mol. The Balaban J connectivity index is 3.20. The highest BCUT2D eigenvalue weighted by Crippen LogP contribution is 2.24. The van der Waals surface area contributed by atoms with Crippen molar-refractivity contribution in [2.24, 2.45) is 5.41 Å². The lowest BCUT2D eigenvalue weighted by Crippen LogP contribution is -2.30. The Morgan fingerprint density at radius 3 is 2.33 bits per heavy atom. The summed E-state index contributed by atoms with van der Waals surface area (Å²) in [5.41, 5.74) is -0.481. The van der Waals surface area contributed by atoms with Gasteiger partial charge in [-0.15, -0.1) is 0 Å². The molecule has 0 amide bonds. The van der Waals surface area contributed by atoms with Crippen molar-refractivity contribution in [2.75, 3.05) is 0 Å². The number of halogens is 1. The first-order valence-electron chi connectivity index (χ1n) is 6.77. The fourth-order valence-corrected chi connectivity index (χ4v) is 3.12. The molecule has 0 aliphatic rings. The van der Waals surface area contributed by atoms with Gasteiger partial charge in [0.15, 0.2) is 5.78 Å². The summed E-state index contributed by atoms with van der Waals surface area (Å²) in [5, 5.41) is 0. The van der Waals surface area contributed by atoms with Crippen molar-refractivity contribution in [3.63, 3.8) is 0 Å². The molecule has 0 aromatic heterocycles. The first-order chi connectivity index (χ1) is 9.42. The molecular formula is C15H22FNO3S. The van der Waals surface area contributed by atoms with Crippen LogP contribution in [-0.2, 0) is 10.0 Å². The Morgan fingerprint density at radius 2 is 1.86 bits per heavy atom. The molecule has 6 heteroatoms. The van der Waals surface area contributed by atoms with Crippen LogP contribution >= 0.6 is 0 Å². The molecule has 1 aromatic rings. The number of sulfonamides is 1. The molecule has 0 radical (unpaired) electrons. The molecule has 0 bridgehead atoms. The molecule has 0 atom stereocenters. The topological polar surface area (TPSA) is 63.2 Å². The lowest BCUT2D eigenvalue weighted by Gasteiger charge is -2.17. The quantitative estimate of drug-likeness (QED) is 0.849. The molecule has 0 saturated heterocycles. The smallest absolute Gasteiger partial charge is 0.240 e. The van der Waals surface area contributed by atoms with Gasteiger partial charge in [0, 0.05) is 12.5 Å². The van der Waals surface area contributed by atoms with E-state index in [9.17, 15) is 17.6 Å². The first kappa shape index (κ1) is 17.8. The van der Waals surface area contributed by atoms with E-state index in [1.165, 1.54) is 0 Å². The van der Waals surface area contributed by atoms with Gasteiger partial charge >= 0.3 is 0 Å². The number of hydrogen-bond donors (Lipinski definition) is 1. The van der Waals surface area contributed by atoms with Gasteiger partial charge in [0.2, 0.25) is 10.0 Å². The predicted molar refractivity (Wildman–Crippen MR) is 80.3 cm³/mol. The first-order valence-corrected chi connectivity index (χ1v) is 8.26. The lowest BCUT2D eigenvalue weighted by molar-refractivity contribution is 0.0935. The monoisotopic (exact) mass is 315 g/mol. The third-order valence-electron chi connectivity index (χ3n) is 2.63. The number of ketones is 1. The van der Waals surface area contributed by atoms with Gasteiger partial charge in [0.1, 0.15) is 5.82 Å². The van der Waals surface area contributed by atoms with Gasteiger partial charge in [0.25, 0.3) is 0 Å². The molecule has 21 heavy (non-hydrogen) atoms. The second kappa shape index (κ2) is 6.23. The van der Waals surface area contributed by atoms with E-state index in [1.807, 2.05) is 20.8 Å². The normalized spacial score (nSPS) is 12.7. The third kappa shape index (κ3) is 5.21. The summed E-state index contributed by atoms with van der Waals surface area (Å²) >= 11 is 0. The summed E-state index contributed by atoms with van der Waals surface area (Å²) < 4.78 is 40.4. The fourth-order valence-electron chi connectivity index (χ4n) is 1.84. The fraction of sp³-hybridized carbons (Fsp3) is 0.533. The van der Waals surface area contributed by atoms with Crippen molar-refractivity contribution in [3.8, 4) is 0 Å². The molecule has 1 aromatic carbocycles. The van der Waals surface area contributed by atoms with Crippen molar-refractivity contribution >= 4 is 15.8 Å². The van der Waals surface area contributed by atoms with Crippen molar-refractivity contribution in [1.29, 1.82) is 0 Å². The summed E-state index contributed by atoms with van der Waals surface area (Å²) in [6, 6.07) is 3.00. The number of benzene rings is 1. The van der Waals surface area contributed by atoms with E-state index >= 15 is 0 Å². The van der Waals surface area contributed by atoms with Crippen LogP contribution in [0.3, 0.4) is 0 Å². The van der Waals surface area contributed by atoms with E-state index in [1.54, 1.807) is 13.8 Å². The van der Waals surface area contributed by atoms with Crippen LogP contribution in [0.25, 0.3) is 0 Å². The van der Waals surface area contributed by atoms with E-state index in [0.29, 0.717) is 0 Å². The summed E-state index contributed by atoms with van der Waals surface area (Å²) in [4.78, 5) is 12.0. The van der Waals surface area contributed by atoms with E-state index < -0.39 is 21.6 Å². The van der Waals surface area contributed by atoms with E-state index in [4.69, 9.17) is 0 Å². The summed E-state index contributed by atoms with van der Waals surface area (Å²) in [5.74, 6) is -1.10. The average Bonchev–Trinajstić information content (AvgIpc) is 2.24. The molecule has 1 rings (SSSR count). The highest BCUT2D eigenvalue weighted by atomic mass is 32.2. The summed E-state index contributed by atoms with van der Waals surface area (Å²) in [7, 11) is -3.74. The minimum Gasteiger partial charge on any atom is -0.294 e. The number of Topliss-reactive ketones (excluding diaryl/α,β-unsaturated/α-hetero) is 1. The average molecular weight is 315 g/mol. The van der Waals surface area contributed by atoms with E-state index in [2.05, 4.69) is 4.72 Å². The number of carbonyl (C=O) groups is 1. The Bertz CT molecular complexity index is 631. The van der Waals surface area contributed by atoms with Crippen molar-refractivity contribution in [3.05, 3.63) is 29.6 Å². The van der Waals surface area contributed by atoms with E-state index in [-0.39, 0.29) is 28.3 Å². The van der Waals surface area contributed by atoms with Gasteiger partial charge in [-0.05, 0) is 37.5 Å². The van der Waals surface area contributed by atoms with Crippen LogP contribution in [0, 0.1) is 11.2 Å². The Hall–Kier alpha value is -1.27. The maximum atomic E-state index is 13.8. The molecule has 0 saturated carbocycles. The molecule has 0 unspecified atom stereocenters. The van der Waals surface area contributed by atoms with Crippen LogP contribution in [0.2, 0.25) is 0 Å². The molecule has 1 N–H and O–H groups in total. The van der Waals surface area contributed by atoms with Crippen LogP contribution in [0.15, 0.2) is 23.1 Å². The highest BCUT2D eigenvalue weighted by Gasteiger charge is 2.23. The summed E-state index contributed by atoms with van der Waals surface area (Å²) in [6.45, 7) is 8.97. The Morgan fingerprint density at radius 1 is 1.29 bits per heavy atom. The number of carbonyl (C=O) groups excluding carboxylic acids is 1. The second-order valence-corrected chi connectivity index (χ2v) is 8.29. The van der Waals surface area contributed by atoms with Crippen molar-refractivity contribution < 1.29 is 17.6 Å². The molecule has 0 aliphatic carbocycles. The second-order valence-electron chi connectivity index (χ2n) is 6.58. The van der Waals surface area contributed by atoms with Gasteiger partial charge in [-0.1, -0.05) is 20.8 Å². The lowest BCUT2D eigenvalue weighted by atomic mass is 9.88. The molecule has 4 nitrogen and oxygen atoms in total. The number of nitrogens with one attached hydrogen (secondary N) is 1. The molecule has 0 spiro atoms. The summed E-state index contributed by atoms with van der Waals surface area (Å²) in [6.07, 6.45) is 0.144. The zero-order chi connectivity index (χ0) is 16.4. The van der Waals surface area contributed by atoms with Crippen LogP contribution in [0.4, 0.5) is 4.39 Å². The molecule has 0 heterocycles. The van der Waals surface area contributed by atoms with Crippen molar-refractivity contribution in [2.45, 2.75) is 52.0 Å². The van der Waals surface area contributed by atoms with Crippen LogP contribution in [-0.4, -0.2) is 20.2 Å². The van der Waals surface area contributed by atoms with Gasteiger partial charge in [-0.25, -0.2) is 17.5 Å². The van der Waals surface area contributed by atoms with Crippen LogP contribution in [0.1, 0.15) is 51.4 Å². The zero-order valence-corrected chi connectivity index (χ0v) is 13.8. The number of rotatable bonds is 5. The van der Waals surface area contributed by atoms with Gasteiger partial charge in [0.05, 0.1) is 10.5 Å². The van der Waals surface area contributed by atoms with Gasteiger partial charge < -0.3 is 0 Å². The zero-order valence-electron chi connectivity index (χ0n) is 13.0. The minimum absolute atomic E-state index is 0.102. The highest BCUT2D eigenvalue weighted by molar-refractivity contribution is 7.89. The maximum absolute atomic E-state index is 13.8. The predicted octanol–water partition coefficient (Wildman–Crippen LogP) is 3.13. The molecule has 0 aliphatic heterocycles. The largest absolute Gasteiger partial charge is 0.294 e. The standard InChI is InChI=1S/C15H22FNO3S/c1-10(2)17-21(19,20)11-6-7-13(16)12(8-11)14(18)9-15(3,4)5/h6-8,10,17H,9H2,1-5H3. The van der Waals surface area contributed by atoms with Crippen molar-refractivity contribution in [1.82, 2.24) is 4.72 Å². The Labute approximate surface area is 125 Å². The van der Waals surface area contributed by atoms with Gasteiger partial charge in [-0.3, -0.25) is 4.79 Å². The van der Waals surface area contributed by atoms with Crippen LogP contribution < -0.4 is 4.72 Å². The van der Waals surface area contributed by atoms with E-state index in [0.717, 1.165) is 18.2 Å².